The monoisotopic (exact) mass is 624 g/mol. The second-order valence-electron chi connectivity index (χ2n) is 8.38. The fourth-order valence-corrected chi connectivity index (χ4v) is 4.69. The summed E-state index contributed by atoms with van der Waals surface area (Å²) >= 11 is 0. The molecule has 0 aliphatic heterocycles. The van der Waals surface area contributed by atoms with E-state index in [1.54, 1.807) is 0 Å². The van der Waals surface area contributed by atoms with Crippen molar-refractivity contribution in [2.75, 3.05) is 0 Å². The summed E-state index contributed by atoms with van der Waals surface area (Å²) in [5, 5.41) is 0. The van der Waals surface area contributed by atoms with Crippen LogP contribution >= 0.6 is 0 Å². The fourth-order valence-electron chi connectivity index (χ4n) is 4.69. The van der Waals surface area contributed by atoms with Gasteiger partial charge in [-0.15, -0.1) is 0 Å². The van der Waals surface area contributed by atoms with Gasteiger partial charge >= 0.3 is 59.2 Å². The van der Waals surface area contributed by atoms with Gasteiger partial charge < -0.3 is 0 Å². The third-order valence-electron chi connectivity index (χ3n) is 6.78. The summed E-state index contributed by atoms with van der Waals surface area (Å²) in [6, 6.07) is 0. The van der Waals surface area contributed by atoms with Gasteiger partial charge in [-0.1, -0.05) is 0 Å². The molecule has 0 aromatic rings. The summed E-state index contributed by atoms with van der Waals surface area (Å²) < 4.78 is 339. The van der Waals surface area contributed by atoms with E-state index in [9.17, 15) is 96.6 Å². The predicted molar refractivity (Wildman–Crippen MR) is 64.8 cm³/mol. The summed E-state index contributed by atoms with van der Waals surface area (Å²) in [7, 11) is 0. The second-order valence-corrected chi connectivity index (χ2v) is 8.38. The van der Waals surface area contributed by atoms with Crippen LogP contribution in [0.5, 0.6) is 0 Å². The van der Waals surface area contributed by atoms with E-state index in [2.05, 4.69) is 0 Å². The molecule has 0 radical (unpaired) electrons. The molecule has 0 saturated heterocycles. The van der Waals surface area contributed by atoms with Crippen LogP contribution < -0.4 is 0 Å². The summed E-state index contributed by atoms with van der Waals surface area (Å²) in [6.45, 7) is 0. The molecular weight excluding hydrogens is 624 g/mol. The van der Waals surface area contributed by atoms with Crippen LogP contribution in [0, 0.1) is 0 Å². The number of rotatable bonds is 0. The maximum absolute atomic E-state index is 15.3. The molecule has 0 heterocycles. The highest BCUT2D eigenvalue weighted by Gasteiger charge is 3.21. The molecule has 0 aromatic heterocycles. The molecule has 0 N–H and O–H groups in total. The van der Waals surface area contributed by atoms with Crippen molar-refractivity contribution in [2.24, 2.45) is 0 Å². The van der Waals surface area contributed by atoms with Crippen LogP contribution in [0.15, 0.2) is 0 Å². The van der Waals surface area contributed by atoms with E-state index < -0.39 is 81.9 Å². The molecule has 0 unspecified atom stereocenters. The third-order valence-corrected chi connectivity index (χ3v) is 6.78. The average molecular weight is 624 g/mol. The molecule has 0 amide bonds. The Hall–Kier alpha value is -1.68. The van der Waals surface area contributed by atoms with E-state index in [0.717, 1.165) is 0 Å². The molecule has 24 heteroatoms. The van der Waals surface area contributed by atoms with Gasteiger partial charge in [-0.2, -0.15) is 87.8 Å². The molecule has 0 spiro atoms. The lowest BCUT2D eigenvalue weighted by atomic mass is 9.43. The summed E-state index contributed by atoms with van der Waals surface area (Å²) in [5.41, 5.74) is -38.6. The molecule has 38 heavy (non-hydrogen) atoms. The average Bonchev–Trinajstić information content (AvgIpc) is 2.72. The van der Waals surface area contributed by atoms with Crippen molar-refractivity contribution in [2.45, 2.75) is 81.9 Å². The first-order chi connectivity index (χ1) is 16.0. The minimum Gasteiger partial charge on any atom is -0.229 e. The van der Waals surface area contributed by atoms with E-state index in [4.69, 9.17) is 0 Å². The third kappa shape index (κ3) is 1.88. The van der Waals surface area contributed by atoms with E-state index in [0.29, 0.717) is 0 Å². The first-order valence-corrected chi connectivity index (χ1v) is 8.54. The lowest BCUT2D eigenvalue weighted by molar-refractivity contribution is -0.587. The molecule has 3 aliphatic carbocycles. The highest BCUT2D eigenvalue weighted by molar-refractivity contribution is 5.51. The SMILES string of the molecule is FC1(F)C(F)(F)C(F)(F)[C@@]2(F)[C@@](F)(C1(F)F)C(F)(F)C(F)(F)[C@@]1(F)C(F)(F)C(F)(F)C(F)(F)C(F)(F)[C@@]12F. The first kappa shape index (κ1) is 30.9. The van der Waals surface area contributed by atoms with Crippen molar-refractivity contribution >= 4 is 0 Å². The molecule has 0 nitrogen and oxygen atoms in total. The molecule has 3 saturated carbocycles. The standard InChI is InChI=1S/C14F24/c15-1-2(16)4(18,10(29,30)14(37,38)12(33,34)6(2,21)22)8(25,26)7(23,24)3(1,17)9(27,28)13(35,36)11(31,32)5(1,19)20/t1-,2-,3-,4+/m0/s1. The van der Waals surface area contributed by atoms with Crippen LogP contribution in [0.4, 0.5) is 105 Å². The summed E-state index contributed by atoms with van der Waals surface area (Å²) in [5.74, 6) is -91.1. The van der Waals surface area contributed by atoms with Gasteiger partial charge in [0.2, 0.25) is 0 Å². The quantitative estimate of drug-likeness (QED) is 0.250. The number of alkyl halides is 24. The Morgan fingerprint density at radius 2 is 0.237 bits per heavy atom. The molecular formula is C14F24. The van der Waals surface area contributed by atoms with Gasteiger partial charge in [-0.3, -0.25) is 0 Å². The molecule has 3 rings (SSSR count). The lowest BCUT2D eigenvalue weighted by Crippen LogP contribution is -3.06. The van der Waals surface area contributed by atoms with E-state index >= 15 is 8.78 Å². The normalized spacial score (nSPS) is 47.4. The topological polar surface area (TPSA) is 0 Å². The van der Waals surface area contributed by atoms with Crippen LogP contribution in [0.2, 0.25) is 0 Å². The predicted octanol–water partition coefficient (Wildman–Crippen LogP) is 7.21. The zero-order valence-corrected chi connectivity index (χ0v) is 16.1. The van der Waals surface area contributed by atoms with E-state index in [1.165, 1.54) is 0 Å². The Balaban J connectivity index is 2.86. The molecule has 224 valence electrons. The highest BCUT2D eigenvalue weighted by Crippen LogP contribution is 2.87. The van der Waals surface area contributed by atoms with Gasteiger partial charge in [0.05, 0.1) is 0 Å². The minimum absolute atomic E-state index is 8.76. The van der Waals surface area contributed by atoms with Crippen molar-refractivity contribution in [3.63, 3.8) is 0 Å². The van der Waals surface area contributed by atoms with Gasteiger partial charge in [-0.25, -0.2) is 17.6 Å². The zero-order valence-electron chi connectivity index (χ0n) is 16.1. The minimum atomic E-state index is -9.77. The Morgan fingerprint density at radius 1 is 0.132 bits per heavy atom. The van der Waals surface area contributed by atoms with Crippen molar-refractivity contribution in [1.82, 2.24) is 0 Å². The fraction of sp³-hybridized carbons (Fsp3) is 1.00. The molecule has 4 atom stereocenters. The van der Waals surface area contributed by atoms with Crippen LogP contribution in [0.3, 0.4) is 0 Å². The van der Waals surface area contributed by atoms with E-state index in [-0.39, 0.29) is 0 Å². The van der Waals surface area contributed by atoms with Gasteiger partial charge in [-0.05, 0) is 0 Å². The van der Waals surface area contributed by atoms with Crippen LogP contribution in [-0.4, -0.2) is 81.9 Å². The molecule has 3 aliphatic rings. The van der Waals surface area contributed by atoms with E-state index in [1.807, 2.05) is 0 Å². The zero-order chi connectivity index (χ0) is 31.0. The van der Waals surface area contributed by atoms with Crippen molar-refractivity contribution in [3.8, 4) is 0 Å². The maximum atomic E-state index is 15.3. The molecule has 0 bridgehead atoms. The summed E-state index contributed by atoms with van der Waals surface area (Å²) in [6.07, 6.45) is 0. The van der Waals surface area contributed by atoms with Crippen LogP contribution in [0.25, 0.3) is 0 Å². The lowest BCUT2D eigenvalue weighted by Gasteiger charge is -2.70. The number of halogens is 24. The Bertz CT molecular complexity index is 982. The van der Waals surface area contributed by atoms with Gasteiger partial charge in [0, 0.05) is 0 Å². The van der Waals surface area contributed by atoms with Crippen LogP contribution in [-0.2, 0) is 0 Å². The first-order valence-electron chi connectivity index (χ1n) is 8.54. The van der Waals surface area contributed by atoms with Gasteiger partial charge in [0.25, 0.3) is 22.7 Å². The second kappa shape index (κ2) is 6.14. The van der Waals surface area contributed by atoms with Crippen molar-refractivity contribution in [3.05, 3.63) is 0 Å². The summed E-state index contributed by atoms with van der Waals surface area (Å²) in [4.78, 5) is 0. The van der Waals surface area contributed by atoms with Gasteiger partial charge in [0.15, 0.2) is 0 Å². The number of hydrogen-bond donors (Lipinski definition) is 0. The molecule has 0 aromatic carbocycles. The largest absolute Gasteiger partial charge is 0.382 e. The van der Waals surface area contributed by atoms with Gasteiger partial charge in [0.1, 0.15) is 0 Å². The Labute approximate surface area is 188 Å². The molecule has 3 fully saturated rings. The Kier molecular flexibility index (Phi) is 4.98. The highest BCUT2D eigenvalue weighted by atomic mass is 19.4. The number of fused-ring (bicyclic) bond motifs is 3. The van der Waals surface area contributed by atoms with Crippen molar-refractivity contribution in [1.29, 1.82) is 0 Å². The van der Waals surface area contributed by atoms with Crippen molar-refractivity contribution < 1.29 is 105 Å². The number of hydrogen-bond acceptors (Lipinski definition) is 0. The smallest absolute Gasteiger partial charge is 0.229 e. The Morgan fingerprint density at radius 3 is 0.395 bits per heavy atom. The maximum Gasteiger partial charge on any atom is 0.382 e. The van der Waals surface area contributed by atoms with Crippen LogP contribution in [0.1, 0.15) is 0 Å².